The fourth-order valence-electron chi connectivity index (χ4n) is 2.81. The van der Waals surface area contributed by atoms with E-state index in [1.54, 1.807) is 13.3 Å². The second-order valence-electron chi connectivity index (χ2n) is 6.62. The first-order valence-electron chi connectivity index (χ1n) is 9.56. The fraction of sp³-hybridized carbons (Fsp3) is 0.0833. The Kier molecular flexibility index (Phi) is 6.82. The SMILES string of the molecule is COc1ccc(-c2csc(N/N=C\c3cccc(OCc4ccc(Cl)cc4)c3)n2)cc1. The van der Waals surface area contributed by atoms with Gasteiger partial charge in [-0.2, -0.15) is 5.10 Å². The Balaban J connectivity index is 1.34. The van der Waals surface area contributed by atoms with Crippen molar-refractivity contribution >= 4 is 34.3 Å². The molecule has 0 aliphatic carbocycles. The van der Waals surface area contributed by atoms with Gasteiger partial charge in [0.2, 0.25) is 5.13 Å². The molecule has 4 aromatic rings. The molecule has 0 spiro atoms. The number of hydrogen-bond acceptors (Lipinski definition) is 6. The van der Waals surface area contributed by atoms with Crippen molar-refractivity contribution < 1.29 is 9.47 Å². The van der Waals surface area contributed by atoms with Crippen molar-refractivity contribution in [2.45, 2.75) is 6.61 Å². The number of thiazole rings is 1. The summed E-state index contributed by atoms with van der Waals surface area (Å²) in [5.41, 5.74) is 6.89. The maximum absolute atomic E-state index is 5.92. The van der Waals surface area contributed by atoms with E-state index in [4.69, 9.17) is 21.1 Å². The molecule has 0 saturated carbocycles. The molecule has 0 amide bonds. The topological polar surface area (TPSA) is 55.7 Å². The molecule has 1 N–H and O–H groups in total. The summed E-state index contributed by atoms with van der Waals surface area (Å²) in [6.07, 6.45) is 1.74. The molecule has 0 aliphatic rings. The number of rotatable bonds is 8. The molecule has 1 heterocycles. The van der Waals surface area contributed by atoms with Crippen LogP contribution in [0.1, 0.15) is 11.1 Å². The second kappa shape index (κ2) is 10.1. The van der Waals surface area contributed by atoms with E-state index >= 15 is 0 Å². The Labute approximate surface area is 190 Å². The van der Waals surface area contributed by atoms with E-state index in [2.05, 4.69) is 15.5 Å². The Hall–Kier alpha value is -3.35. The van der Waals surface area contributed by atoms with Crippen LogP contribution in [0.4, 0.5) is 5.13 Å². The molecule has 5 nitrogen and oxygen atoms in total. The molecule has 31 heavy (non-hydrogen) atoms. The number of methoxy groups -OCH3 is 1. The van der Waals surface area contributed by atoms with Gasteiger partial charge in [0.05, 0.1) is 19.0 Å². The normalized spacial score (nSPS) is 10.9. The molecule has 0 atom stereocenters. The van der Waals surface area contributed by atoms with Gasteiger partial charge in [0.1, 0.15) is 18.1 Å². The molecule has 0 fully saturated rings. The maximum Gasteiger partial charge on any atom is 0.203 e. The summed E-state index contributed by atoms with van der Waals surface area (Å²) in [5, 5.41) is 7.72. The van der Waals surface area contributed by atoms with Crippen LogP contribution in [0, 0.1) is 0 Å². The van der Waals surface area contributed by atoms with E-state index in [9.17, 15) is 0 Å². The number of hydrogen-bond donors (Lipinski definition) is 1. The molecule has 1 aromatic heterocycles. The van der Waals surface area contributed by atoms with Crippen LogP contribution in [0.25, 0.3) is 11.3 Å². The van der Waals surface area contributed by atoms with Gasteiger partial charge >= 0.3 is 0 Å². The number of nitrogens with one attached hydrogen (secondary N) is 1. The van der Waals surface area contributed by atoms with E-state index < -0.39 is 0 Å². The minimum absolute atomic E-state index is 0.475. The van der Waals surface area contributed by atoms with Gasteiger partial charge in [-0.1, -0.05) is 35.9 Å². The number of anilines is 1. The summed E-state index contributed by atoms with van der Waals surface area (Å²) in [6, 6.07) is 23.2. The van der Waals surface area contributed by atoms with Crippen molar-refractivity contribution in [1.29, 1.82) is 0 Å². The van der Waals surface area contributed by atoms with E-state index in [1.807, 2.05) is 78.2 Å². The third-order valence-corrected chi connectivity index (χ3v) is 5.44. The second-order valence-corrected chi connectivity index (χ2v) is 7.92. The molecule has 0 bridgehead atoms. The van der Waals surface area contributed by atoms with Gasteiger partial charge in [-0.3, -0.25) is 5.43 Å². The predicted octanol–water partition coefficient (Wildman–Crippen LogP) is 6.50. The quantitative estimate of drug-likeness (QED) is 0.246. The molecular weight excluding hydrogens is 430 g/mol. The molecule has 0 saturated heterocycles. The lowest BCUT2D eigenvalue weighted by molar-refractivity contribution is 0.306. The summed E-state index contributed by atoms with van der Waals surface area (Å²) in [4.78, 5) is 4.57. The van der Waals surface area contributed by atoms with Crippen molar-refractivity contribution in [3.8, 4) is 22.8 Å². The highest BCUT2D eigenvalue weighted by molar-refractivity contribution is 7.14. The number of halogens is 1. The molecule has 3 aromatic carbocycles. The van der Waals surface area contributed by atoms with E-state index in [0.717, 1.165) is 39.0 Å². The van der Waals surface area contributed by atoms with Crippen LogP contribution in [-0.4, -0.2) is 18.3 Å². The van der Waals surface area contributed by atoms with Gasteiger partial charge in [-0.25, -0.2) is 4.98 Å². The lowest BCUT2D eigenvalue weighted by atomic mass is 10.2. The number of aromatic nitrogens is 1. The summed E-state index contributed by atoms with van der Waals surface area (Å²) in [6.45, 7) is 0.475. The number of nitrogens with zero attached hydrogens (tertiary/aromatic N) is 2. The summed E-state index contributed by atoms with van der Waals surface area (Å²) in [5.74, 6) is 1.59. The predicted molar refractivity (Wildman–Crippen MR) is 128 cm³/mol. The molecular formula is C24H20ClN3O2S. The van der Waals surface area contributed by atoms with Crippen LogP contribution in [-0.2, 0) is 6.61 Å². The summed E-state index contributed by atoms with van der Waals surface area (Å²) in [7, 11) is 1.65. The lowest BCUT2D eigenvalue weighted by Gasteiger charge is -2.07. The van der Waals surface area contributed by atoms with Crippen molar-refractivity contribution in [3.05, 3.63) is 94.3 Å². The minimum Gasteiger partial charge on any atom is -0.497 e. The van der Waals surface area contributed by atoms with Crippen LogP contribution in [0.5, 0.6) is 11.5 Å². The zero-order valence-corrected chi connectivity index (χ0v) is 18.4. The van der Waals surface area contributed by atoms with Crippen LogP contribution in [0.3, 0.4) is 0 Å². The smallest absolute Gasteiger partial charge is 0.203 e. The highest BCUT2D eigenvalue weighted by Gasteiger charge is 2.04. The lowest BCUT2D eigenvalue weighted by Crippen LogP contribution is -1.96. The van der Waals surface area contributed by atoms with Gasteiger partial charge in [0.25, 0.3) is 0 Å². The third-order valence-electron chi connectivity index (χ3n) is 4.44. The first kappa shape index (κ1) is 20.9. The fourth-order valence-corrected chi connectivity index (χ4v) is 3.61. The first-order valence-corrected chi connectivity index (χ1v) is 10.8. The standard InChI is InChI=1S/C24H20ClN3O2S/c1-29-21-11-7-19(8-12-21)23-16-31-24(27-23)28-26-14-18-3-2-4-22(13-18)30-15-17-5-9-20(25)10-6-17/h2-14,16H,15H2,1H3,(H,27,28)/b26-14-. The molecule has 156 valence electrons. The Morgan fingerprint density at radius 3 is 2.61 bits per heavy atom. The van der Waals surface area contributed by atoms with Gasteiger partial charge in [0.15, 0.2) is 0 Å². The molecule has 0 aliphatic heterocycles. The maximum atomic E-state index is 5.92. The minimum atomic E-state index is 0.475. The molecule has 4 rings (SSSR count). The number of hydrazone groups is 1. The van der Waals surface area contributed by atoms with Crippen molar-refractivity contribution in [2.75, 3.05) is 12.5 Å². The zero-order valence-electron chi connectivity index (χ0n) is 16.8. The van der Waals surface area contributed by atoms with Crippen LogP contribution in [0.15, 0.2) is 83.3 Å². The van der Waals surface area contributed by atoms with Gasteiger partial charge < -0.3 is 9.47 Å². The van der Waals surface area contributed by atoms with Crippen molar-refractivity contribution in [3.63, 3.8) is 0 Å². The molecule has 7 heteroatoms. The summed E-state index contributed by atoms with van der Waals surface area (Å²) >= 11 is 7.41. The first-order chi connectivity index (χ1) is 15.2. The summed E-state index contributed by atoms with van der Waals surface area (Å²) < 4.78 is 11.1. The number of benzene rings is 3. The van der Waals surface area contributed by atoms with Crippen molar-refractivity contribution in [2.24, 2.45) is 5.10 Å². The van der Waals surface area contributed by atoms with Crippen molar-refractivity contribution in [1.82, 2.24) is 4.98 Å². The zero-order chi connectivity index (χ0) is 21.5. The van der Waals surface area contributed by atoms with Gasteiger partial charge in [0, 0.05) is 16.0 Å². The Morgan fingerprint density at radius 1 is 1.03 bits per heavy atom. The average molecular weight is 450 g/mol. The largest absolute Gasteiger partial charge is 0.497 e. The van der Waals surface area contributed by atoms with Crippen LogP contribution in [0.2, 0.25) is 5.02 Å². The third kappa shape index (κ3) is 5.84. The van der Waals surface area contributed by atoms with E-state index in [0.29, 0.717) is 11.6 Å². The Bertz CT molecular complexity index is 1160. The van der Waals surface area contributed by atoms with E-state index in [1.165, 1.54) is 11.3 Å². The Morgan fingerprint density at radius 2 is 1.84 bits per heavy atom. The molecule has 0 unspecified atom stereocenters. The highest BCUT2D eigenvalue weighted by atomic mass is 35.5. The molecule has 0 radical (unpaired) electrons. The monoisotopic (exact) mass is 449 g/mol. The van der Waals surface area contributed by atoms with Crippen LogP contribution < -0.4 is 14.9 Å². The average Bonchev–Trinajstić information content (AvgIpc) is 3.28. The number of ether oxygens (including phenoxy) is 2. The van der Waals surface area contributed by atoms with Crippen LogP contribution >= 0.6 is 22.9 Å². The van der Waals surface area contributed by atoms with Gasteiger partial charge in [-0.15, -0.1) is 11.3 Å². The highest BCUT2D eigenvalue weighted by Crippen LogP contribution is 2.26. The van der Waals surface area contributed by atoms with Gasteiger partial charge in [-0.05, 0) is 59.7 Å². The van der Waals surface area contributed by atoms with E-state index in [-0.39, 0.29) is 0 Å².